The minimum atomic E-state index is -0.897. The van der Waals surface area contributed by atoms with E-state index in [0.29, 0.717) is 6.61 Å². The van der Waals surface area contributed by atoms with E-state index in [1.165, 1.54) is 0 Å². The van der Waals surface area contributed by atoms with Crippen LogP contribution in [0.5, 0.6) is 6.01 Å². The first-order valence-electron chi connectivity index (χ1n) is 4.62. The Hall–Kier alpha value is -1.39. The van der Waals surface area contributed by atoms with E-state index in [1.54, 1.807) is 0 Å². The van der Waals surface area contributed by atoms with E-state index >= 15 is 0 Å². The Morgan fingerprint density at radius 1 is 1.57 bits per heavy atom. The minimum Gasteiger partial charge on any atom is -0.465 e. The van der Waals surface area contributed by atoms with Crippen LogP contribution in [0.4, 0.5) is 4.39 Å². The quantitative estimate of drug-likeness (QED) is 0.732. The van der Waals surface area contributed by atoms with Crippen molar-refractivity contribution in [2.24, 2.45) is 0 Å². The fourth-order valence-corrected chi connectivity index (χ4v) is 0.960. The fraction of sp³-hybridized carbons (Fsp3) is 0.556. The molecule has 0 aliphatic carbocycles. The fourth-order valence-electron chi connectivity index (χ4n) is 0.960. The molecule has 78 valence electrons. The Kier molecular flexibility index (Phi) is 4.10. The highest BCUT2D eigenvalue weighted by molar-refractivity contribution is 4.96. The highest BCUT2D eigenvalue weighted by atomic mass is 19.1. The molecule has 1 N–H and O–H groups in total. The molecule has 1 rings (SSSR count). The average Bonchev–Trinajstić information content (AvgIpc) is 2.18. The van der Waals surface area contributed by atoms with Gasteiger partial charge >= 0.3 is 5.56 Å². The number of nitrogens with one attached hydrogen (secondary N) is 1. The normalized spacial score (nSPS) is 10.1. The topological polar surface area (TPSA) is 55.0 Å². The van der Waals surface area contributed by atoms with Crippen LogP contribution in [0.15, 0.2) is 11.0 Å². The first kappa shape index (κ1) is 10.7. The number of aromatic nitrogens is 2. The maximum absolute atomic E-state index is 12.5. The monoisotopic (exact) mass is 200 g/mol. The second kappa shape index (κ2) is 5.36. The van der Waals surface area contributed by atoms with Crippen LogP contribution in [0.2, 0.25) is 0 Å². The summed E-state index contributed by atoms with van der Waals surface area (Å²) in [5, 5.41) is 0. The Bertz CT molecular complexity index is 338. The number of nitrogens with zero attached hydrogens (tertiary/aromatic N) is 1. The molecule has 1 aromatic rings. The van der Waals surface area contributed by atoms with E-state index in [9.17, 15) is 9.18 Å². The van der Waals surface area contributed by atoms with E-state index in [2.05, 4.69) is 16.9 Å². The lowest BCUT2D eigenvalue weighted by atomic mass is 10.3. The van der Waals surface area contributed by atoms with Gasteiger partial charge in [-0.05, 0) is 6.42 Å². The zero-order valence-corrected chi connectivity index (χ0v) is 8.05. The summed E-state index contributed by atoms with van der Waals surface area (Å²) < 4.78 is 17.6. The van der Waals surface area contributed by atoms with Crippen LogP contribution < -0.4 is 10.3 Å². The van der Waals surface area contributed by atoms with Gasteiger partial charge in [0, 0.05) is 6.20 Å². The summed E-state index contributed by atoms with van der Waals surface area (Å²) in [4.78, 5) is 16.6. The average molecular weight is 200 g/mol. The highest BCUT2D eigenvalue weighted by Gasteiger charge is 2.01. The Balaban J connectivity index is 2.44. The number of hydrogen-bond donors (Lipinski definition) is 1. The van der Waals surface area contributed by atoms with E-state index in [4.69, 9.17) is 4.74 Å². The van der Waals surface area contributed by atoms with Gasteiger partial charge in [0.1, 0.15) is 0 Å². The third-order valence-corrected chi connectivity index (χ3v) is 1.72. The second-order valence-electron chi connectivity index (χ2n) is 2.91. The molecule has 1 heterocycles. The van der Waals surface area contributed by atoms with Crippen molar-refractivity contribution in [3.63, 3.8) is 0 Å². The molecule has 0 aliphatic rings. The molecule has 0 aliphatic heterocycles. The maximum Gasteiger partial charge on any atom is 0.311 e. The van der Waals surface area contributed by atoms with Gasteiger partial charge in [0.15, 0.2) is 0 Å². The molecule has 4 nitrogen and oxygen atoms in total. The van der Waals surface area contributed by atoms with Gasteiger partial charge in [-0.2, -0.15) is 9.37 Å². The largest absolute Gasteiger partial charge is 0.465 e. The number of aromatic amines is 1. The van der Waals surface area contributed by atoms with E-state index in [1.807, 2.05) is 0 Å². The summed E-state index contributed by atoms with van der Waals surface area (Å²) in [6.07, 6.45) is 4.00. The number of rotatable bonds is 5. The number of ether oxygens (including phenoxy) is 1. The first-order valence-corrected chi connectivity index (χ1v) is 4.62. The van der Waals surface area contributed by atoms with Crippen LogP contribution in [-0.2, 0) is 0 Å². The summed E-state index contributed by atoms with van der Waals surface area (Å²) in [6, 6.07) is 0.0764. The van der Waals surface area contributed by atoms with Crippen LogP contribution >= 0.6 is 0 Å². The molecule has 0 bridgehead atoms. The Morgan fingerprint density at radius 2 is 2.36 bits per heavy atom. The van der Waals surface area contributed by atoms with E-state index in [0.717, 1.165) is 25.5 Å². The molecule has 0 saturated heterocycles. The predicted molar refractivity (Wildman–Crippen MR) is 49.8 cm³/mol. The van der Waals surface area contributed by atoms with Gasteiger partial charge in [0.05, 0.1) is 6.61 Å². The molecule has 14 heavy (non-hydrogen) atoms. The lowest BCUT2D eigenvalue weighted by Gasteiger charge is -2.02. The standard InChI is InChI=1S/C9H13FN2O2/c1-2-3-4-5-14-9-11-6-7(10)8(13)12-9/h6H,2-5H2,1H3,(H,11,12,13). The minimum absolute atomic E-state index is 0.0764. The van der Waals surface area contributed by atoms with Gasteiger partial charge in [-0.1, -0.05) is 19.8 Å². The third kappa shape index (κ3) is 3.16. The highest BCUT2D eigenvalue weighted by Crippen LogP contribution is 2.00. The third-order valence-electron chi connectivity index (χ3n) is 1.72. The van der Waals surface area contributed by atoms with Crippen molar-refractivity contribution < 1.29 is 9.13 Å². The molecule has 0 radical (unpaired) electrons. The van der Waals surface area contributed by atoms with E-state index < -0.39 is 11.4 Å². The molecular weight excluding hydrogens is 187 g/mol. The van der Waals surface area contributed by atoms with Gasteiger partial charge < -0.3 is 9.72 Å². The molecule has 0 fully saturated rings. The van der Waals surface area contributed by atoms with Crippen LogP contribution in [-0.4, -0.2) is 16.6 Å². The maximum atomic E-state index is 12.5. The second-order valence-corrected chi connectivity index (χ2v) is 2.91. The SMILES string of the molecule is CCCCCOc1nc(=O)c(F)c[nH]1. The zero-order chi connectivity index (χ0) is 10.4. The Labute approximate surface area is 81.1 Å². The van der Waals surface area contributed by atoms with Crippen molar-refractivity contribution in [3.8, 4) is 6.01 Å². The summed E-state index contributed by atoms with van der Waals surface area (Å²) >= 11 is 0. The van der Waals surface area contributed by atoms with Gasteiger partial charge in [-0.25, -0.2) is 0 Å². The van der Waals surface area contributed by atoms with Gasteiger partial charge in [0.25, 0.3) is 6.01 Å². The number of halogens is 1. The molecular formula is C9H13FN2O2. The van der Waals surface area contributed by atoms with Crippen molar-refractivity contribution in [2.75, 3.05) is 6.61 Å². The van der Waals surface area contributed by atoms with Gasteiger partial charge in [0.2, 0.25) is 5.82 Å². The van der Waals surface area contributed by atoms with Crippen LogP contribution in [0.1, 0.15) is 26.2 Å². The molecule has 0 spiro atoms. The first-order chi connectivity index (χ1) is 6.74. The van der Waals surface area contributed by atoms with Crippen LogP contribution in [0, 0.1) is 5.82 Å². The summed E-state index contributed by atoms with van der Waals surface area (Å²) in [6.45, 7) is 2.57. The number of unbranched alkanes of at least 4 members (excludes halogenated alkanes) is 2. The lowest BCUT2D eigenvalue weighted by molar-refractivity contribution is 0.280. The molecule has 1 aromatic heterocycles. The van der Waals surface area contributed by atoms with Crippen molar-refractivity contribution in [2.45, 2.75) is 26.2 Å². The summed E-state index contributed by atoms with van der Waals surface area (Å²) in [5.41, 5.74) is -0.894. The molecule has 0 saturated carbocycles. The predicted octanol–water partition coefficient (Wildman–Crippen LogP) is 1.48. The molecule has 0 atom stereocenters. The molecule has 5 heteroatoms. The van der Waals surface area contributed by atoms with E-state index in [-0.39, 0.29) is 6.01 Å². The van der Waals surface area contributed by atoms with Crippen molar-refractivity contribution in [3.05, 3.63) is 22.4 Å². The molecule has 0 amide bonds. The van der Waals surface area contributed by atoms with Crippen LogP contribution in [0.3, 0.4) is 0 Å². The van der Waals surface area contributed by atoms with Gasteiger partial charge in [-0.3, -0.25) is 4.79 Å². The van der Waals surface area contributed by atoms with Crippen molar-refractivity contribution in [1.29, 1.82) is 0 Å². The number of H-pyrrole nitrogens is 1. The summed E-state index contributed by atoms with van der Waals surface area (Å²) in [5.74, 6) is -0.897. The van der Waals surface area contributed by atoms with Crippen molar-refractivity contribution >= 4 is 0 Å². The van der Waals surface area contributed by atoms with Gasteiger partial charge in [-0.15, -0.1) is 0 Å². The molecule has 0 aromatic carbocycles. The lowest BCUT2D eigenvalue weighted by Crippen LogP contribution is -2.13. The number of hydrogen-bond acceptors (Lipinski definition) is 3. The molecule has 0 unspecified atom stereocenters. The zero-order valence-electron chi connectivity index (χ0n) is 8.05. The smallest absolute Gasteiger partial charge is 0.311 e. The van der Waals surface area contributed by atoms with Crippen molar-refractivity contribution in [1.82, 2.24) is 9.97 Å². The summed E-state index contributed by atoms with van der Waals surface area (Å²) in [7, 11) is 0. The Morgan fingerprint density at radius 3 is 3.00 bits per heavy atom. The van der Waals surface area contributed by atoms with Crippen LogP contribution in [0.25, 0.3) is 0 Å².